The predicted molar refractivity (Wildman–Crippen MR) is 68.4 cm³/mol. The molecule has 12 heteroatoms. The van der Waals surface area contributed by atoms with E-state index >= 15 is 0 Å². The lowest BCUT2D eigenvalue weighted by atomic mass is 10.9. The van der Waals surface area contributed by atoms with Crippen LogP contribution in [0.4, 0.5) is 4.79 Å². The van der Waals surface area contributed by atoms with Gasteiger partial charge in [0.1, 0.15) is 6.09 Å². The Morgan fingerprint density at radius 1 is 1.47 bits per heavy atom. The summed E-state index contributed by atoms with van der Waals surface area (Å²) in [6.45, 7) is 0. The van der Waals surface area contributed by atoms with Crippen LogP contribution in [0.3, 0.4) is 0 Å². The van der Waals surface area contributed by atoms with E-state index in [-0.39, 0.29) is 0 Å². The minimum absolute atomic E-state index is 0.936. The Balaban J connectivity index is 0. The molecule has 0 aliphatic rings. The number of carboxylic acid groups (broad SMARTS) is 1. The monoisotopic (exact) mass is 438 g/mol. The van der Waals surface area contributed by atoms with Crippen molar-refractivity contribution in [1.29, 1.82) is 0 Å². The summed E-state index contributed by atoms with van der Waals surface area (Å²) in [6, 6.07) is 0. The number of rotatable bonds is 5. The number of carbonyl (C=O) groups excluding carboxylic acids is 1. The average molecular weight is 441 g/mol. The maximum atomic E-state index is 11.4. The lowest BCUT2D eigenvalue weighted by Crippen LogP contribution is -2.29. The molecule has 7 nitrogen and oxygen atoms in total. The smallest absolute Gasteiger partial charge is 0.475 e. The molecule has 0 bridgehead atoms. The molecule has 2 N–H and O–H groups in total. The second kappa shape index (κ2) is 8.92. The van der Waals surface area contributed by atoms with Crippen LogP contribution < -0.4 is 10.8 Å². The van der Waals surface area contributed by atoms with Crippen molar-refractivity contribution in [2.75, 3.05) is 14.2 Å². The zero-order chi connectivity index (χ0) is 14.3. The van der Waals surface area contributed by atoms with E-state index in [0.29, 0.717) is 0 Å². The normalized spacial score (nSPS) is 13.5. The van der Waals surface area contributed by atoms with Crippen molar-refractivity contribution >= 4 is 69.0 Å². The topological polar surface area (TPSA) is 111 Å². The highest BCUT2D eigenvalue weighted by atomic mass is 79.9. The number of phosphoric acid groups is 1. The van der Waals surface area contributed by atoms with E-state index < -0.39 is 22.2 Å². The Labute approximate surface area is 125 Å². The highest BCUT2D eigenvalue weighted by molar-refractivity contribution is 9.13. The molecule has 0 saturated carbocycles. The molecule has 0 spiro atoms. The van der Waals surface area contributed by atoms with Crippen LogP contribution in [0, 0.1) is 0 Å². The van der Waals surface area contributed by atoms with Crippen LogP contribution >= 0.6 is 62.9 Å². The first-order chi connectivity index (χ1) is 7.48. The van der Waals surface area contributed by atoms with Gasteiger partial charge in [0.05, 0.1) is 0 Å². The molecular weight excluding hydrogens is 432 g/mol. The molecule has 0 radical (unpaired) electrons. The van der Waals surface area contributed by atoms with Gasteiger partial charge in [-0.3, -0.25) is 13.6 Å². The first-order valence-corrected chi connectivity index (χ1v) is 7.48. The predicted octanol–water partition coefficient (Wildman–Crippen LogP) is 1.94. The second-order valence-electron chi connectivity index (χ2n) is 2.09. The third-order valence-corrected chi connectivity index (χ3v) is 5.41. The standard InChI is InChI=1S/C4H7Br2Cl2O4P.CH3NO2/c1-10-13(9,11-2)12-3(5)4(6,7)8;2-1(3)4/h3H,1-2H3;2H2,(H,3,4)/p-1. The number of amides is 1. The fraction of sp³-hybridized carbons (Fsp3) is 0.800. The highest BCUT2D eigenvalue weighted by Crippen LogP contribution is 2.53. The fourth-order valence-corrected chi connectivity index (χ4v) is 2.11. The van der Waals surface area contributed by atoms with Gasteiger partial charge in [-0.1, -0.05) is 39.1 Å². The van der Waals surface area contributed by atoms with Gasteiger partial charge in [-0.05, 0) is 15.9 Å². The number of nitrogens with two attached hydrogens (primary N) is 1. The summed E-state index contributed by atoms with van der Waals surface area (Å²) in [6.07, 6.45) is -1.58. The van der Waals surface area contributed by atoms with Crippen LogP contribution in [0.25, 0.3) is 0 Å². The summed E-state index contributed by atoms with van der Waals surface area (Å²) in [5, 5.41) is 7.73. The minimum Gasteiger partial charge on any atom is -0.530 e. The van der Waals surface area contributed by atoms with E-state index in [2.05, 4.69) is 46.6 Å². The van der Waals surface area contributed by atoms with Crippen molar-refractivity contribution in [2.45, 2.75) is 8.26 Å². The number of phosphoric ester groups is 1. The highest BCUT2D eigenvalue weighted by Gasteiger charge is 2.38. The van der Waals surface area contributed by atoms with Crippen molar-refractivity contribution in [2.24, 2.45) is 5.73 Å². The maximum Gasteiger partial charge on any atom is 0.475 e. The molecule has 0 rings (SSSR count). The van der Waals surface area contributed by atoms with E-state index in [4.69, 9.17) is 37.6 Å². The summed E-state index contributed by atoms with van der Waals surface area (Å²) in [7, 11) is -1.21. The van der Waals surface area contributed by atoms with Crippen LogP contribution in [0.15, 0.2) is 0 Å². The molecule has 0 heterocycles. The van der Waals surface area contributed by atoms with Gasteiger partial charge in [-0.2, -0.15) is 0 Å². The minimum atomic E-state index is -3.58. The van der Waals surface area contributed by atoms with Gasteiger partial charge in [-0.15, -0.1) is 0 Å². The van der Waals surface area contributed by atoms with E-state index in [1.54, 1.807) is 0 Å². The van der Waals surface area contributed by atoms with Crippen molar-refractivity contribution in [3.8, 4) is 0 Å². The Morgan fingerprint density at radius 3 is 1.94 bits per heavy atom. The van der Waals surface area contributed by atoms with Crippen LogP contribution in [-0.2, 0) is 18.1 Å². The summed E-state index contributed by atoms with van der Waals surface area (Å²) >= 11 is 17.0. The lowest BCUT2D eigenvalue weighted by molar-refractivity contribution is -0.245. The van der Waals surface area contributed by atoms with E-state index in [1.807, 2.05) is 0 Å². The van der Waals surface area contributed by atoms with Crippen LogP contribution in [0.5, 0.6) is 0 Å². The molecule has 0 aromatic rings. The van der Waals surface area contributed by atoms with Crippen LogP contribution in [0.2, 0.25) is 0 Å². The molecular formula is C5H9Br2Cl2NO6P-. The second-order valence-corrected chi connectivity index (χ2v) is 8.31. The van der Waals surface area contributed by atoms with Gasteiger partial charge in [0.2, 0.25) is 3.24 Å². The third kappa shape index (κ3) is 11.7. The van der Waals surface area contributed by atoms with Gasteiger partial charge in [0.15, 0.2) is 5.01 Å². The van der Waals surface area contributed by atoms with Gasteiger partial charge >= 0.3 is 7.82 Å². The number of hydrogen-bond acceptors (Lipinski definition) is 6. The zero-order valence-corrected chi connectivity index (χ0v) is 14.1. The Morgan fingerprint density at radius 2 is 1.76 bits per heavy atom. The molecule has 0 saturated heterocycles. The van der Waals surface area contributed by atoms with Crippen molar-refractivity contribution in [3.63, 3.8) is 0 Å². The molecule has 1 amide bonds. The summed E-state index contributed by atoms with van der Waals surface area (Å²) in [5.41, 5.74) is 3.92. The fourth-order valence-electron chi connectivity index (χ4n) is 0.334. The van der Waals surface area contributed by atoms with E-state index in [1.165, 1.54) is 14.2 Å². The van der Waals surface area contributed by atoms with E-state index in [0.717, 1.165) is 0 Å². The average Bonchev–Trinajstić information content (AvgIpc) is 2.15. The van der Waals surface area contributed by atoms with E-state index in [9.17, 15) is 4.57 Å². The molecule has 1 unspecified atom stereocenters. The number of halogens is 4. The summed E-state index contributed by atoms with van der Waals surface area (Å²) in [4.78, 5) is 8.67. The Kier molecular flexibility index (Phi) is 10.6. The maximum absolute atomic E-state index is 11.4. The molecule has 17 heavy (non-hydrogen) atoms. The number of alkyl halides is 4. The molecule has 0 aliphatic heterocycles. The summed E-state index contributed by atoms with van der Waals surface area (Å²) < 4.78 is 23.8. The van der Waals surface area contributed by atoms with Crippen molar-refractivity contribution in [1.82, 2.24) is 0 Å². The van der Waals surface area contributed by atoms with Gasteiger partial charge in [-0.25, -0.2) is 4.57 Å². The van der Waals surface area contributed by atoms with Gasteiger partial charge in [0.25, 0.3) is 0 Å². The SMILES string of the molecule is COP(=O)(OC)OC(Br)C(Cl)(Cl)Br.NC(=O)[O-]. The number of hydrogen-bond donors (Lipinski definition) is 1. The van der Waals surface area contributed by atoms with Crippen molar-refractivity contribution < 1.29 is 28.0 Å². The zero-order valence-electron chi connectivity index (χ0n) is 8.56. The Bertz CT molecular complexity index is 276. The van der Waals surface area contributed by atoms with Gasteiger partial charge in [0, 0.05) is 14.2 Å². The molecule has 0 aliphatic carbocycles. The summed E-state index contributed by atoms with van der Waals surface area (Å²) in [5.74, 6) is 0. The number of primary amides is 1. The molecule has 0 aromatic heterocycles. The first-order valence-electron chi connectivity index (χ1n) is 3.55. The molecule has 0 fully saturated rings. The number of carbonyl (C=O) groups is 1. The lowest BCUT2D eigenvalue weighted by Gasteiger charge is -2.22. The first kappa shape index (κ1) is 20.2. The Hall–Kier alpha value is 0.920. The molecule has 104 valence electrons. The van der Waals surface area contributed by atoms with Crippen LogP contribution in [-0.4, -0.2) is 28.6 Å². The largest absolute Gasteiger partial charge is 0.530 e. The third-order valence-electron chi connectivity index (χ3n) is 0.926. The van der Waals surface area contributed by atoms with Gasteiger partial charge < -0.3 is 15.6 Å². The van der Waals surface area contributed by atoms with Crippen molar-refractivity contribution in [3.05, 3.63) is 0 Å². The molecule has 1 atom stereocenters. The van der Waals surface area contributed by atoms with Crippen LogP contribution in [0.1, 0.15) is 0 Å². The quantitative estimate of drug-likeness (QED) is 0.516. The molecule has 0 aromatic carbocycles.